The molecule has 0 unspecified atom stereocenters. The lowest BCUT2D eigenvalue weighted by molar-refractivity contribution is 0.112. The molecule has 0 radical (unpaired) electrons. The molecule has 2 aromatic rings. The van der Waals surface area contributed by atoms with Crippen LogP contribution in [0.2, 0.25) is 0 Å². The summed E-state index contributed by atoms with van der Waals surface area (Å²) in [6.45, 7) is 0. The first-order valence-electron chi connectivity index (χ1n) is 3.96. The first-order valence-corrected chi connectivity index (χ1v) is 3.96. The van der Waals surface area contributed by atoms with Crippen LogP contribution in [-0.2, 0) is 0 Å². The van der Waals surface area contributed by atoms with E-state index in [9.17, 15) is 4.79 Å². The summed E-state index contributed by atoms with van der Waals surface area (Å²) in [7, 11) is 0. The van der Waals surface area contributed by atoms with Gasteiger partial charge in [-0.1, -0.05) is 17.2 Å². The number of nitrogens with zero attached hydrogens (tertiary/aromatic N) is 3. The Morgan fingerprint density at radius 3 is 3.07 bits per heavy atom. The molecule has 0 amide bonds. The van der Waals surface area contributed by atoms with E-state index in [1.54, 1.807) is 24.4 Å². The monoisotopic (exact) mass is 186 g/mol. The summed E-state index contributed by atoms with van der Waals surface area (Å²) in [4.78, 5) is 16.2. The highest BCUT2D eigenvalue weighted by molar-refractivity contribution is 5.98. The number of rotatable bonds is 2. The zero-order valence-corrected chi connectivity index (χ0v) is 7.14. The molecule has 0 atom stereocenters. The van der Waals surface area contributed by atoms with E-state index < -0.39 is 0 Å². The van der Waals surface area contributed by atoms with Gasteiger partial charge in [0.1, 0.15) is 0 Å². The Kier molecular flexibility index (Phi) is 1.93. The number of azide groups is 1. The van der Waals surface area contributed by atoms with Crippen molar-refractivity contribution in [2.45, 2.75) is 0 Å². The van der Waals surface area contributed by atoms with Gasteiger partial charge in [0.25, 0.3) is 0 Å². The first kappa shape index (κ1) is 8.34. The minimum Gasteiger partial charge on any atom is -0.360 e. The summed E-state index contributed by atoms with van der Waals surface area (Å²) < 4.78 is 0. The van der Waals surface area contributed by atoms with Crippen molar-refractivity contribution < 1.29 is 4.79 Å². The van der Waals surface area contributed by atoms with Crippen LogP contribution < -0.4 is 0 Å². The van der Waals surface area contributed by atoms with Gasteiger partial charge in [-0.2, -0.15) is 0 Å². The van der Waals surface area contributed by atoms with Crippen molar-refractivity contribution in [2.75, 3.05) is 0 Å². The van der Waals surface area contributed by atoms with Gasteiger partial charge in [-0.15, -0.1) is 0 Å². The third kappa shape index (κ3) is 1.22. The molecule has 0 spiro atoms. The molecule has 0 bridgehead atoms. The molecular formula is C9H6N4O. The van der Waals surface area contributed by atoms with Crippen LogP contribution in [0.15, 0.2) is 29.5 Å². The average Bonchev–Trinajstić information content (AvgIpc) is 2.60. The quantitative estimate of drug-likeness (QED) is 0.332. The minimum absolute atomic E-state index is 0.527. The van der Waals surface area contributed by atoms with E-state index in [1.165, 1.54) is 0 Å². The predicted molar refractivity (Wildman–Crippen MR) is 52.5 cm³/mol. The molecular weight excluding hydrogens is 180 g/mol. The van der Waals surface area contributed by atoms with E-state index in [0.29, 0.717) is 11.3 Å². The molecule has 0 aliphatic heterocycles. The standard InChI is InChI=1S/C9H6N4O/c10-13-12-7-1-2-8-6(5-14)4-11-9(8)3-7/h1-5,11H. The fraction of sp³-hybridized carbons (Fsp3) is 0. The lowest BCUT2D eigenvalue weighted by atomic mass is 10.2. The third-order valence-corrected chi connectivity index (χ3v) is 1.98. The lowest BCUT2D eigenvalue weighted by Gasteiger charge is -1.92. The van der Waals surface area contributed by atoms with Crippen molar-refractivity contribution in [3.05, 3.63) is 40.4 Å². The third-order valence-electron chi connectivity index (χ3n) is 1.98. The molecule has 0 saturated heterocycles. The molecule has 0 fully saturated rings. The van der Waals surface area contributed by atoms with Crippen molar-refractivity contribution in [1.82, 2.24) is 4.98 Å². The van der Waals surface area contributed by atoms with Crippen molar-refractivity contribution in [1.29, 1.82) is 0 Å². The number of H-pyrrole nitrogens is 1. The predicted octanol–water partition coefficient (Wildman–Crippen LogP) is 2.92. The van der Waals surface area contributed by atoms with Crippen LogP contribution in [0.5, 0.6) is 0 Å². The van der Waals surface area contributed by atoms with Crippen LogP contribution in [0.1, 0.15) is 10.4 Å². The van der Waals surface area contributed by atoms with Crippen molar-refractivity contribution in [2.24, 2.45) is 5.11 Å². The van der Waals surface area contributed by atoms with E-state index in [4.69, 9.17) is 5.53 Å². The molecule has 2 rings (SSSR count). The van der Waals surface area contributed by atoms with E-state index in [-0.39, 0.29) is 0 Å². The molecule has 0 aliphatic rings. The summed E-state index contributed by atoms with van der Waals surface area (Å²) in [6, 6.07) is 5.12. The fourth-order valence-electron chi connectivity index (χ4n) is 1.35. The summed E-state index contributed by atoms with van der Waals surface area (Å²) in [6.07, 6.45) is 2.41. The molecule has 0 saturated carbocycles. The van der Waals surface area contributed by atoms with Gasteiger partial charge < -0.3 is 4.98 Å². The van der Waals surface area contributed by atoms with E-state index >= 15 is 0 Å². The zero-order valence-electron chi connectivity index (χ0n) is 7.14. The Morgan fingerprint density at radius 2 is 2.36 bits per heavy atom. The number of benzene rings is 1. The molecule has 1 N–H and O–H groups in total. The number of aromatic nitrogens is 1. The van der Waals surface area contributed by atoms with Gasteiger partial charge >= 0.3 is 0 Å². The highest BCUT2D eigenvalue weighted by Crippen LogP contribution is 2.22. The molecule has 0 aliphatic carbocycles. The smallest absolute Gasteiger partial charge is 0.152 e. The molecule has 5 nitrogen and oxygen atoms in total. The van der Waals surface area contributed by atoms with Crippen molar-refractivity contribution >= 4 is 22.9 Å². The highest BCUT2D eigenvalue weighted by Gasteiger charge is 2.01. The van der Waals surface area contributed by atoms with Gasteiger partial charge in [0, 0.05) is 33.3 Å². The molecule has 5 heteroatoms. The second kappa shape index (κ2) is 3.24. The number of fused-ring (bicyclic) bond motifs is 1. The van der Waals surface area contributed by atoms with E-state index in [1.807, 2.05) is 0 Å². The molecule has 14 heavy (non-hydrogen) atoms. The average molecular weight is 186 g/mol. The van der Waals surface area contributed by atoms with Crippen LogP contribution >= 0.6 is 0 Å². The normalized spacial score (nSPS) is 9.71. The number of aromatic amines is 1. The summed E-state index contributed by atoms with van der Waals surface area (Å²) >= 11 is 0. The van der Waals surface area contributed by atoms with Gasteiger partial charge in [0.05, 0.1) is 0 Å². The van der Waals surface area contributed by atoms with Crippen LogP contribution in [0.4, 0.5) is 5.69 Å². The fourth-order valence-corrected chi connectivity index (χ4v) is 1.35. The number of hydrogen-bond donors (Lipinski definition) is 1. The Morgan fingerprint density at radius 1 is 1.50 bits per heavy atom. The van der Waals surface area contributed by atoms with E-state index in [0.717, 1.165) is 17.2 Å². The van der Waals surface area contributed by atoms with Crippen molar-refractivity contribution in [3.8, 4) is 0 Å². The molecule has 1 aromatic heterocycles. The topological polar surface area (TPSA) is 81.6 Å². The van der Waals surface area contributed by atoms with Crippen molar-refractivity contribution in [3.63, 3.8) is 0 Å². The number of carbonyl (C=O) groups is 1. The molecule has 68 valence electrons. The number of nitrogens with one attached hydrogen (secondary N) is 1. The van der Waals surface area contributed by atoms with Crippen LogP contribution in [0.3, 0.4) is 0 Å². The van der Waals surface area contributed by atoms with Gasteiger partial charge in [0.15, 0.2) is 6.29 Å². The maximum absolute atomic E-state index is 10.6. The highest BCUT2D eigenvalue weighted by atomic mass is 16.1. The zero-order chi connectivity index (χ0) is 9.97. The largest absolute Gasteiger partial charge is 0.360 e. The van der Waals surface area contributed by atoms with Gasteiger partial charge in [-0.25, -0.2) is 0 Å². The van der Waals surface area contributed by atoms with Crippen LogP contribution in [0, 0.1) is 0 Å². The summed E-state index contributed by atoms with van der Waals surface area (Å²) in [5.41, 5.74) is 10.2. The Balaban J connectivity index is 2.68. The maximum atomic E-state index is 10.6. The van der Waals surface area contributed by atoms with Gasteiger partial charge in [0.2, 0.25) is 0 Å². The van der Waals surface area contributed by atoms with E-state index in [2.05, 4.69) is 15.0 Å². The summed E-state index contributed by atoms with van der Waals surface area (Å²) in [5, 5.41) is 4.29. The second-order valence-electron chi connectivity index (χ2n) is 2.78. The Labute approximate surface area is 79.0 Å². The number of hydrogen-bond acceptors (Lipinski definition) is 2. The molecule has 1 aromatic carbocycles. The Bertz CT molecular complexity index is 537. The summed E-state index contributed by atoms with van der Waals surface area (Å²) in [5.74, 6) is 0. The Hall–Kier alpha value is -2.26. The van der Waals surface area contributed by atoms with Crippen LogP contribution in [0.25, 0.3) is 21.3 Å². The minimum atomic E-state index is 0.527. The number of carbonyl (C=O) groups excluding carboxylic acids is 1. The first-order chi connectivity index (χ1) is 6.85. The van der Waals surface area contributed by atoms with Gasteiger partial charge in [-0.3, -0.25) is 4.79 Å². The SMILES string of the molecule is [N-]=[N+]=Nc1ccc2c(C=O)c[nH]c2c1. The number of aldehydes is 1. The van der Waals surface area contributed by atoms with Crippen LogP contribution in [-0.4, -0.2) is 11.3 Å². The maximum Gasteiger partial charge on any atom is 0.152 e. The van der Waals surface area contributed by atoms with Gasteiger partial charge in [-0.05, 0) is 11.6 Å². The lowest BCUT2D eigenvalue weighted by Crippen LogP contribution is -1.73. The second-order valence-corrected chi connectivity index (χ2v) is 2.78. The molecule has 1 heterocycles.